The molecule has 1 aliphatic rings. The number of carbonyl (C=O) groups excluding carboxylic acids is 2. The Morgan fingerprint density at radius 2 is 1.73 bits per heavy atom. The van der Waals surface area contributed by atoms with Gasteiger partial charge in [-0.25, -0.2) is 0 Å². The Balaban J connectivity index is 1.91. The largest absolute Gasteiger partial charge is 0.507 e. The van der Waals surface area contributed by atoms with Crippen molar-refractivity contribution in [1.82, 2.24) is 9.88 Å². The number of hydrogen-bond donors (Lipinski definition) is 1. The highest BCUT2D eigenvalue weighted by molar-refractivity contribution is 6.46. The molecule has 2 aromatic carbocycles. The van der Waals surface area contributed by atoms with E-state index < -0.39 is 17.7 Å². The molecule has 0 saturated carbocycles. The summed E-state index contributed by atoms with van der Waals surface area (Å²) >= 11 is 0. The average molecular weight is 499 g/mol. The number of likely N-dealkylation sites (tertiary alicyclic amines) is 1. The van der Waals surface area contributed by atoms with E-state index in [1.54, 1.807) is 19.4 Å². The third-order valence-corrected chi connectivity index (χ3v) is 6.97. The first-order chi connectivity index (χ1) is 17.6. The lowest BCUT2D eigenvalue weighted by atomic mass is 9.90. The number of aromatic nitrogens is 1. The molecule has 37 heavy (non-hydrogen) atoms. The molecule has 0 bridgehead atoms. The predicted molar refractivity (Wildman–Crippen MR) is 144 cm³/mol. The van der Waals surface area contributed by atoms with Gasteiger partial charge in [0.1, 0.15) is 11.5 Å². The number of ketones is 1. The van der Waals surface area contributed by atoms with E-state index in [1.165, 1.54) is 4.90 Å². The van der Waals surface area contributed by atoms with E-state index in [4.69, 9.17) is 4.74 Å². The van der Waals surface area contributed by atoms with Gasteiger partial charge in [-0.1, -0.05) is 58.0 Å². The maximum absolute atomic E-state index is 13.5. The highest BCUT2D eigenvalue weighted by Crippen LogP contribution is 2.42. The number of benzene rings is 2. The molecular weight excluding hydrogens is 464 g/mol. The second-order valence-corrected chi connectivity index (χ2v) is 10.1. The van der Waals surface area contributed by atoms with Crippen LogP contribution in [0.3, 0.4) is 0 Å². The molecule has 0 spiro atoms. The number of amides is 1. The lowest BCUT2D eigenvalue weighted by Crippen LogP contribution is -2.29. The highest BCUT2D eigenvalue weighted by Gasteiger charge is 2.46. The van der Waals surface area contributed by atoms with Crippen molar-refractivity contribution in [2.45, 2.75) is 59.0 Å². The molecule has 0 radical (unpaired) electrons. The minimum absolute atomic E-state index is 0.0844. The van der Waals surface area contributed by atoms with Crippen molar-refractivity contribution in [2.24, 2.45) is 0 Å². The minimum atomic E-state index is -0.743. The monoisotopic (exact) mass is 498 g/mol. The summed E-state index contributed by atoms with van der Waals surface area (Å²) in [5, 5.41) is 11.6. The van der Waals surface area contributed by atoms with Crippen LogP contribution in [0.5, 0.6) is 5.75 Å². The van der Waals surface area contributed by atoms with Crippen LogP contribution in [0.1, 0.15) is 79.1 Å². The van der Waals surface area contributed by atoms with Gasteiger partial charge >= 0.3 is 0 Å². The van der Waals surface area contributed by atoms with Gasteiger partial charge in [0.05, 0.1) is 31.0 Å². The summed E-state index contributed by atoms with van der Waals surface area (Å²) in [7, 11) is 1.62. The predicted octanol–water partition coefficient (Wildman–Crippen LogP) is 6.27. The third-order valence-electron chi connectivity index (χ3n) is 6.97. The standard InChI is InChI=1S/C31H34N2O4/c1-18(2)21-10-12-22(13-11-21)28-27(30(35)31(36)33(28)17-23-9-7-8-14-32-23)29(34)25-16-24(19(3)4)26(37-6)15-20(25)5/h7-16,18-19,28,34H,17H2,1-6H3/b29-27+. The van der Waals surface area contributed by atoms with Gasteiger partial charge < -0.3 is 14.7 Å². The molecule has 1 aromatic heterocycles. The van der Waals surface area contributed by atoms with Crippen LogP contribution in [0, 0.1) is 6.92 Å². The molecule has 6 heteroatoms. The molecule has 2 heterocycles. The fraction of sp³-hybridized carbons (Fsp3) is 0.323. The molecule has 1 saturated heterocycles. The number of aliphatic hydroxyl groups excluding tert-OH is 1. The number of aryl methyl sites for hydroxylation is 1. The number of carbonyl (C=O) groups is 2. The summed E-state index contributed by atoms with van der Waals surface area (Å²) in [5.74, 6) is -0.339. The summed E-state index contributed by atoms with van der Waals surface area (Å²) in [4.78, 5) is 32.7. The van der Waals surface area contributed by atoms with Crippen molar-refractivity contribution in [3.63, 3.8) is 0 Å². The number of methoxy groups -OCH3 is 1. The van der Waals surface area contributed by atoms with Crippen molar-refractivity contribution in [3.8, 4) is 5.75 Å². The molecule has 0 aliphatic carbocycles. The first-order valence-electron chi connectivity index (χ1n) is 12.6. The smallest absolute Gasteiger partial charge is 0.296 e. The first kappa shape index (κ1) is 26.1. The Hall–Kier alpha value is -3.93. The van der Waals surface area contributed by atoms with E-state index in [9.17, 15) is 14.7 Å². The van der Waals surface area contributed by atoms with Crippen molar-refractivity contribution < 1.29 is 19.4 Å². The Kier molecular flexibility index (Phi) is 7.48. The van der Waals surface area contributed by atoms with Gasteiger partial charge in [-0.2, -0.15) is 0 Å². The first-order valence-corrected chi connectivity index (χ1v) is 12.6. The SMILES string of the molecule is COc1cc(C)c(/C(O)=C2\C(=O)C(=O)N(Cc3ccccn3)C2c2ccc(C(C)C)cc2)cc1C(C)C. The molecule has 1 N–H and O–H groups in total. The van der Waals surface area contributed by atoms with E-state index in [2.05, 4.69) is 18.8 Å². The number of hydrogen-bond acceptors (Lipinski definition) is 5. The molecule has 3 aromatic rings. The van der Waals surface area contributed by atoms with Gasteiger partial charge in [-0.3, -0.25) is 14.6 Å². The number of pyridine rings is 1. The van der Waals surface area contributed by atoms with Crippen LogP contribution in [0.15, 0.2) is 66.4 Å². The number of aliphatic hydroxyl groups is 1. The van der Waals surface area contributed by atoms with Gasteiger partial charge in [0.2, 0.25) is 0 Å². The van der Waals surface area contributed by atoms with Crippen molar-refractivity contribution in [3.05, 3.63) is 99.9 Å². The fourth-order valence-corrected chi connectivity index (χ4v) is 4.85. The van der Waals surface area contributed by atoms with Crippen LogP contribution in [-0.4, -0.2) is 33.8 Å². The molecule has 1 fully saturated rings. The summed E-state index contributed by atoms with van der Waals surface area (Å²) in [5.41, 5.74) is 4.84. The van der Waals surface area contributed by atoms with Crippen molar-refractivity contribution in [2.75, 3.05) is 7.11 Å². The van der Waals surface area contributed by atoms with Crippen LogP contribution in [-0.2, 0) is 16.1 Å². The van der Waals surface area contributed by atoms with E-state index in [1.807, 2.05) is 69.3 Å². The molecule has 192 valence electrons. The molecular formula is C31H34N2O4. The summed E-state index contributed by atoms with van der Waals surface area (Å²) in [6, 6.07) is 16.3. The van der Waals surface area contributed by atoms with Crippen LogP contribution in [0.4, 0.5) is 0 Å². The summed E-state index contributed by atoms with van der Waals surface area (Å²) < 4.78 is 5.56. The maximum atomic E-state index is 13.5. The van der Waals surface area contributed by atoms with Crippen LogP contribution < -0.4 is 4.74 Å². The third kappa shape index (κ3) is 5.01. The zero-order valence-corrected chi connectivity index (χ0v) is 22.3. The average Bonchev–Trinajstić information content (AvgIpc) is 3.13. The number of nitrogens with zero attached hydrogens (tertiary/aromatic N) is 2. The quantitative estimate of drug-likeness (QED) is 0.236. The zero-order chi connectivity index (χ0) is 26.9. The fourth-order valence-electron chi connectivity index (χ4n) is 4.85. The van der Waals surface area contributed by atoms with E-state index in [-0.39, 0.29) is 23.8 Å². The normalized spacial score (nSPS) is 17.2. The van der Waals surface area contributed by atoms with Gasteiger partial charge in [-0.15, -0.1) is 0 Å². The Morgan fingerprint density at radius 3 is 2.30 bits per heavy atom. The number of Topliss-reactive ketones (excluding diaryl/α,β-unsaturated/α-hetero) is 1. The van der Waals surface area contributed by atoms with Gasteiger partial charge in [0, 0.05) is 11.8 Å². The van der Waals surface area contributed by atoms with Crippen LogP contribution in [0.2, 0.25) is 0 Å². The van der Waals surface area contributed by atoms with Gasteiger partial charge in [0.15, 0.2) is 0 Å². The molecule has 6 nitrogen and oxygen atoms in total. The van der Waals surface area contributed by atoms with Crippen molar-refractivity contribution in [1.29, 1.82) is 0 Å². The molecule has 1 aliphatic heterocycles. The lowest BCUT2D eigenvalue weighted by molar-refractivity contribution is -0.140. The number of rotatable bonds is 7. The Bertz CT molecular complexity index is 1340. The lowest BCUT2D eigenvalue weighted by Gasteiger charge is -2.26. The van der Waals surface area contributed by atoms with Crippen LogP contribution >= 0.6 is 0 Å². The topological polar surface area (TPSA) is 79.7 Å². The van der Waals surface area contributed by atoms with E-state index in [0.29, 0.717) is 17.2 Å². The minimum Gasteiger partial charge on any atom is -0.507 e. The molecule has 1 unspecified atom stereocenters. The second-order valence-electron chi connectivity index (χ2n) is 10.1. The second kappa shape index (κ2) is 10.6. The van der Waals surface area contributed by atoms with Gasteiger partial charge in [-0.05, 0) is 65.3 Å². The van der Waals surface area contributed by atoms with E-state index in [0.717, 1.165) is 28.0 Å². The number of ether oxygens (including phenoxy) is 1. The Morgan fingerprint density at radius 1 is 1.03 bits per heavy atom. The summed E-state index contributed by atoms with van der Waals surface area (Å²) in [6.07, 6.45) is 1.66. The maximum Gasteiger partial charge on any atom is 0.296 e. The molecule has 1 atom stereocenters. The van der Waals surface area contributed by atoms with Crippen molar-refractivity contribution >= 4 is 17.4 Å². The highest BCUT2D eigenvalue weighted by atomic mass is 16.5. The van der Waals surface area contributed by atoms with E-state index >= 15 is 0 Å². The molecule has 4 rings (SSSR count). The molecule has 1 amide bonds. The zero-order valence-electron chi connectivity index (χ0n) is 22.3. The van der Waals surface area contributed by atoms with Gasteiger partial charge in [0.25, 0.3) is 11.7 Å². The summed E-state index contributed by atoms with van der Waals surface area (Å²) in [6.45, 7) is 10.3. The van der Waals surface area contributed by atoms with Crippen LogP contribution in [0.25, 0.3) is 5.76 Å². The Labute approximate surface area is 218 Å².